The monoisotopic (exact) mass is 405 g/mol. The van der Waals surface area contributed by atoms with Crippen LogP contribution in [-0.4, -0.2) is 23.7 Å². The predicted octanol–water partition coefficient (Wildman–Crippen LogP) is 3.50. The topological polar surface area (TPSA) is 93.8 Å². The van der Waals surface area contributed by atoms with Crippen LogP contribution in [-0.2, 0) is 4.79 Å². The molecular formula is C17H16BrN3O4. The molecule has 0 saturated heterocycles. The average Bonchev–Trinajstić information content (AvgIpc) is 2.53. The summed E-state index contributed by atoms with van der Waals surface area (Å²) in [4.78, 5) is 22.1. The lowest BCUT2D eigenvalue weighted by atomic mass is 10.1. The molecule has 1 amide bonds. The molecule has 0 bridgehead atoms. The van der Waals surface area contributed by atoms with Gasteiger partial charge in [-0.3, -0.25) is 14.9 Å². The van der Waals surface area contributed by atoms with Gasteiger partial charge in [0.05, 0.1) is 15.6 Å². The number of carbonyl (C=O) groups excluding carboxylic acids is 1. The Morgan fingerprint density at radius 2 is 1.96 bits per heavy atom. The second kappa shape index (κ2) is 8.39. The molecule has 2 aromatic rings. The number of nitrogens with zero attached hydrogens (tertiary/aromatic N) is 2. The predicted molar refractivity (Wildman–Crippen MR) is 97.9 cm³/mol. The van der Waals surface area contributed by atoms with Crippen LogP contribution < -0.4 is 10.2 Å². The molecule has 0 aliphatic carbocycles. The second-order valence-electron chi connectivity index (χ2n) is 5.37. The third-order valence-electron chi connectivity index (χ3n) is 3.13. The summed E-state index contributed by atoms with van der Waals surface area (Å²) in [5.74, 6) is 0.183. The zero-order valence-corrected chi connectivity index (χ0v) is 15.2. The summed E-state index contributed by atoms with van der Waals surface area (Å²) in [7, 11) is 0. The normalized spacial score (nSPS) is 10.7. The summed E-state index contributed by atoms with van der Waals surface area (Å²) in [5.41, 5.74) is 4.83. The molecule has 0 aromatic heterocycles. The molecule has 25 heavy (non-hydrogen) atoms. The van der Waals surface area contributed by atoms with Crippen LogP contribution in [0.4, 0.5) is 5.69 Å². The van der Waals surface area contributed by atoms with Gasteiger partial charge in [-0.05, 0) is 59.1 Å². The lowest BCUT2D eigenvalue weighted by Crippen LogP contribution is -2.24. The molecule has 7 nitrogen and oxygen atoms in total. The molecule has 1 N–H and O–H groups in total. The summed E-state index contributed by atoms with van der Waals surface area (Å²) in [6.45, 7) is 3.71. The van der Waals surface area contributed by atoms with Gasteiger partial charge in [0.1, 0.15) is 5.75 Å². The number of rotatable bonds is 6. The lowest BCUT2D eigenvalue weighted by molar-refractivity contribution is -0.385. The first-order chi connectivity index (χ1) is 11.8. The summed E-state index contributed by atoms with van der Waals surface area (Å²) in [6, 6.07) is 10.2. The number of nitrogens with one attached hydrogen (secondary N) is 1. The Hall–Kier alpha value is -2.74. The number of nitro groups is 1. The fourth-order valence-electron chi connectivity index (χ4n) is 2.13. The summed E-state index contributed by atoms with van der Waals surface area (Å²) < 4.78 is 5.79. The molecule has 0 aliphatic heterocycles. The highest BCUT2D eigenvalue weighted by molar-refractivity contribution is 9.10. The van der Waals surface area contributed by atoms with E-state index in [4.69, 9.17) is 4.74 Å². The zero-order chi connectivity index (χ0) is 18.4. The van der Waals surface area contributed by atoms with Crippen molar-refractivity contribution in [1.82, 2.24) is 5.43 Å². The van der Waals surface area contributed by atoms with E-state index in [0.29, 0.717) is 15.8 Å². The van der Waals surface area contributed by atoms with E-state index in [1.54, 1.807) is 12.1 Å². The van der Waals surface area contributed by atoms with Gasteiger partial charge in [0.25, 0.3) is 11.6 Å². The van der Waals surface area contributed by atoms with Crippen LogP contribution in [0.15, 0.2) is 46.0 Å². The van der Waals surface area contributed by atoms with Gasteiger partial charge in [-0.25, -0.2) is 5.43 Å². The van der Waals surface area contributed by atoms with Crippen molar-refractivity contribution in [3.05, 3.63) is 67.7 Å². The Morgan fingerprint density at radius 1 is 1.28 bits per heavy atom. The average molecular weight is 406 g/mol. The Bertz CT molecular complexity index is 816. The minimum atomic E-state index is -0.502. The van der Waals surface area contributed by atoms with E-state index >= 15 is 0 Å². The number of nitro benzene ring substituents is 1. The molecule has 130 valence electrons. The van der Waals surface area contributed by atoms with Crippen molar-refractivity contribution < 1.29 is 14.5 Å². The molecule has 0 fully saturated rings. The van der Waals surface area contributed by atoms with Crippen molar-refractivity contribution in [3.63, 3.8) is 0 Å². The van der Waals surface area contributed by atoms with Gasteiger partial charge in [0.2, 0.25) is 0 Å². The maximum Gasteiger partial charge on any atom is 0.284 e. The summed E-state index contributed by atoms with van der Waals surface area (Å²) in [5, 5.41) is 14.6. The number of aryl methyl sites for hydroxylation is 2. The van der Waals surface area contributed by atoms with E-state index in [1.165, 1.54) is 12.3 Å². The molecule has 0 saturated carbocycles. The molecule has 0 aliphatic rings. The van der Waals surface area contributed by atoms with E-state index in [0.717, 1.165) is 11.1 Å². The first-order valence-corrected chi connectivity index (χ1v) is 8.11. The number of hydrogen-bond acceptors (Lipinski definition) is 5. The molecule has 0 atom stereocenters. The number of benzene rings is 2. The number of hydrogen-bond donors (Lipinski definition) is 1. The van der Waals surface area contributed by atoms with E-state index in [1.807, 2.05) is 32.0 Å². The third-order valence-corrected chi connectivity index (χ3v) is 3.81. The first-order valence-electron chi connectivity index (χ1n) is 7.32. The van der Waals surface area contributed by atoms with Crippen molar-refractivity contribution in [2.45, 2.75) is 13.8 Å². The standard InChI is InChI=1S/C17H16BrN3O4/c1-11-5-12(2)7-14(6-11)25-10-17(22)20-19-9-13-3-4-15(18)16(8-13)21(23)24/h3-9H,10H2,1-2H3,(H,20,22)/b19-9+. The number of carbonyl (C=O) groups is 1. The quantitative estimate of drug-likeness (QED) is 0.451. The smallest absolute Gasteiger partial charge is 0.284 e. The molecule has 2 aromatic carbocycles. The highest BCUT2D eigenvalue weighted by atomic mass is 79.9. The molecule has 0 radical (unpaired) electrons. The Labute approximate surface area is 153 Å². The Balaban J connectivity index is 1.90. The SMILES string of the molecule is Cc1cc(C)cc(OCC(=O)N/N=C/c2ccc(Br)c([N+](=O)[O-])c2)c1. The molecule has 0 heterocycles. The minimum Gasteiger partial charge on any atom is -0.484 e. The molecule has 0 unspecified atom stereocenters. The van der Waals surface area contributed by atoms with Gasteiger partial charge in [-0.2, -0.15) is 5.10 Å². The van der Waals surface area contributed by atoms with E-state index < -0.39 is 10.8 Å². The summed E-state index contributed by atoms with van der Waals surface area (Å²) >= 11 is 3.10. The largest absolute Gasteiger partial charge is 0.484 e. The van der Waals surface area contributed by atoms with Crippen LogP contribution in [0.2, 0.25) is 0 Å². The van der Waals surface area contributed by atoms with Crippen molar-refractivity contribution >= 4 is 33.7 Å². The first kappa shape index (κ1) is 18.6. The van der Waals surface area contributed by atoms with Crippen LogP contribution in [0, 0.1) is 24.0 Å². The molecule has 2 rings (SSSR count). The van der Waals surface area contributed by atoms with Gasteiger partial charge in [-0.15, -0.1) is 0 Å². The molecule has 0 spiro atoms. The highest BCUT2D eigenvalue weighted by Crippen LogP contribution is 2.24. The highest BCUT2D eigenvalue weighted by Gasteiger charge is 2.11. The van der Waals surface area contributed by atoms with Crippen LogP contribution in [0.3, 0.4) is 0 Å². The lowest BCUT2D eigenvalue weighted by Gasteiger charge is -2.07. The van der Waals surface area contributed by atoms with E-state index in [9.17, 15) is 14.9 Å². The fourth-order valence-corrected chi connectivity index (χ4v) is 2.52. The van der Waals surface area contributed by atoms with Crippen LogP contribution in [0.1, 0.15) is 16.7 Å². The number of amides is 1. The fraction of sp³-hybridized carbons (Fsp3) is 0.176. The van der Waals surface area contributed by atoms with Crippen LogP contribution in [0.5, 0.6) is 5.75 Å². The van der Waals surface area contributed by atoms with Crippen LogP contribution in [0.25, 0.3) is 0 Å². The second-order valence-corrected chi connectivity index (χ2v) is 6.23. The third kappa shape index (κ3) is 5.68. The van der Waals surface area contributed by atoms with E-state index in [2.05, 4.69) is 26.5 Å². The van der Waals surface area contributed by atoms with Gasteiger partial charge in [-0.1, -0.05) is 12.1 Å². The maximum atomic E-state index is 11.7. The van der Waals surface area contributed by atoms with Crippen LogP contribution >= 0.6 is 15.9 Å². The van der Waals surface area contributed by atoms with E-state index in [-0.39, 0.29) is 12.3 Å². The summed E-state index contributed by atoms with van der Waals surface area (Å²) in [6.07, 6.45) is 1.33. The van der Waals surface area contributed by atoms with Crippen molar-refractivity contribution in [2.24, 2.45) is 5.10 Å². The van der Waals surface area contributed by atoms with Crippen molar-refractivity contribution in [1.29, 1.82) is 0 Å². The van der Waals surface area contributed by atoms with Gasteiger partial charge < -0.3 is 4.74 Å². The number of halogens is 1. The molecule has 8 heteroatoms. The maximum absolute atomic E-state index is 11.7. The minimum absolute atomic E-state index is 0.0755. The number of hydrazone groups is 1. The molecular weight excluding hydrogens is 390 g/mol. The van der Waals surface area contributed by atoms with Gasteiger partial charge in [0.15, 0.2) is 6.61 Å². The van der Waals surface area contributed by atoms with Crippen molar-refractivity contribution in [2.75, 3.05) is 6.61 Å². The van der Waals surface area contributed by atoms with Gasteiger partial charge in [0, 0.05) is 11.6 Å². The van der Waals surface area contributed by atoms with Gasteiger partial charge >= 0.3 is 0 Å². The number of ether oxygens (including phenoxy) is 1. The van der Waals surface area contributed by atoms with Crippen molar-refractivity contribution in [3.8, 4) is 5.75 Å². The Morgan fingerprint density at radius 3 is 2.60 bits per heavy atom. The zero-order valence-electron chi connectivity index (χ0n) is 13.7. The Kier molecular flexibility index (Phi) is 6.24.